The lowest BCUT2D eigenvalue weighted by molar-refractivity contribution is -0.177. The van der Waals surface area contributed by atoms with E-state index in [2.05, 4.69) is 6.92 Å². The third kappa shape index (κ3) is 4.26. The summed E-state index contributed by atoms with van der Waals surface area (Å²) in [5, 5.41) is 0. The molecular weight excluding hydrogens is 224 g/mol. The molecule has 2 atom stereocenters. The van der Waals surface area contributed by atoms with Crippen LogP contribution in [-0.2, 0) is 23.7 Å². The Morgan fingerprint density at radius 3 is 2.71 bits per heavy atom. The molecular formula is C12H22O5. The average molecular weight is 246 g/mol. The number of esters is 1. The molecule has 0 bridgehead atoms. The fraction of sp³-hybridized carbons (Fsp3) is 0.917. The predicted molar refractivity (Wildman–Crippen MR) is 61.6 cm³/mol. The molecule has 0 N–H and O–H groups in total. The number of rotatable bonds is 6. The van der Waals surface area contributed by atoms with Gasteiger partial charge in [0.1, 0.15) is 6.10 Å². The molecule has 0 saturated carbocycles. The molecule has 5 nitrogen and oxygen atoms in total. The molecule has 1 fully saturated rings. The molecule has 1 saturated heterocycles. The standard InChI is InChI=1S/C12H22O5/c1-5-6-7-15-10(11(13)14-4)9-8-16-12(2,3)17-9/h9-10H,5-8H2,1-4H3/t9-,10+/m0/s1. The zero-order valence-corrected chi connectivity index (χ0v) is 11.0. The van der Waals surface area contributed by atoms with Crippen LogP contribution >= 0.6 is 0 Å². The maximum atomic E-state index is 11.6. The fourth-order valence-corrected chi connectivity index (χ4v) is 1.66. The molecule has 0 radical (unpaired) electrons. The molecule has 0 aromatic carbocycles. The van der Waals surface area contributed by atoms with Crippen molar-refractivity contribution in [3.8, 4) is 0 Å². The minimum Gasteiger partial charge on any atom is -0.467 e. The number of unbranched alkanes of at least 4 members (excludes halogenated alkanes) is 1. The fourth-order valence-electron chi connectivity index (χ4n) is 1.66. The molecule has 0 unspecified atom stereocenters. The van der Waals surface area contributed by atoms with E-state index < -0.39 is 24.0 Å². The van der Waals surface area contributed by atoms with Gasteiger partial charge in [0, 0.05) is 6.61 Å². The lowest BCUT2D eigenvalue weighted by atomic mass is 10.2. The number of hydrogen-bond donors (Lipinski definition) is 0. The molecule has 1 rings (SSSR count). The van der Waals surface area contributed by atoms with E-state index in [1.165, 1.54) is 7.11 Å². The second-order valence-electron chi connectivity index (χ2n) is 4.54. The van der Waals surface area contributed by atoms with E-state index in [0.29, 0.717) is 13.2 Å². The highest BCUT2D eigenvalue weighted by molar-refractivity contribution is 5.75. The van der Waals surface area contributed by atoms with Crippen LogP contribution in [0.15, 0.2) is 0 Å². The summed E-state index contributed by atoms with van der Waals surface area (Å²) in [7, 11) is 1.35. The van der Waals surface area contributed by atoms with Crippen molar-refractivity contribution < 1.29 is 23.7 Å². The number of carbonyl (C=O) groups is 1. The van der Waals surface area contributed by atoms with Gasteiger partial charge in [-0.2, -0.15) is 0 Å². The van der Waals surface area contributed by atoms with Gasteiger partial charge in [0.15, 0.2) is 11.9 Å². The SMILES string of the molecule is CCCCO[C@@H](C(=O)OC)[C@@H]1COC(C)(C)O1. The molecule has 1 heterocycles. The first-order valence-corrected chi connectivity index (χ1v) is 6.01. The summed E-state index contributed by atoms with van der Waals surface area (Å²) in [6.07, 6.45) is 0.828. The lowest BCUT2D eigenvalue weighted by Crippen LogP contribution is -2.40. The Labute approximate surface area is 102 Å². The average Bonchev–Trinajstić information content (AvgIpc) is 2.64. The Balaban J connectivity index is 2.54. The summed E-state index contributed by atoms with van der Waals surface area (Å²) in [4.78, 5) is 11.6. The van der Waals surface area contributed by atoms with Crippen molar-refractivity contribution in [2.45, 2.75) is 51.6 Å². The van der Waals surface area contributed by atoms with Gasteiger partial charge in [0.2, 0.25) is 0 Å². The van der Waals surface area contributed by atoms with Crippen molar-refractivity contribution in [2.75, 3.05) is 20.3 Å². The quantitative estimate of drug-likeness (QED) is 0.525. The first kappa shape index (κ1) is 14.4. The van der Waals surface area contributed by atoms with Crippen LogP contribution in [-0.4, -0.2) is 44.3 Å². The maximum absolute atomic E-state index is 11.6. The van der Waals surface area contributed by atoms with Gasteiger partial charge in [-0.05, 0) is 20.3 Å². The van der Waals surface area contributed by atoms with Crippen LogP contribution in [0, 0.1) is 0 Å². The Morgan fingerprint density at radius 1 is 1.53 bits per heavy atom. The van der Waals surface area contributed by atoms with Crippen molar-refractivity contribution in [2.24, 2.45) is 0 Å². The van der Waals surface area contributed by atoms with E-state index in [0.717, 1.165) is 12.8 Å². The Hall–Kier alpha value is -0.650. The smallest absolute Gasteiger partial charge is 0.337 e. The topological polar surface area (TPSA) is 54.0 Å². The van der Waals surface area contributed by atoms with Gasteiger partial charge in [-0.1, -0.05) is 13.3 Å². The monoisotopic (exact) mass is 246 g/mol. The summed E-state index contributed by atoms with van der Waals surface area (Å²) in [5.41, 5.74) is 0. The van der Waals surface area contributed by atoms with Crippen molar-refractivity contribution in [3.63, 3.8) is 0 Å². The van der Waals surface area contributed by atoms with Crippen molar-refractivity contribution in [3.05, 3.63) is 0 Å². The maximum Gasteiger partial charge on any atom is 0.337 e. The van der Waals surface area contributed by atoms with Crippen LogP contribution in [0.4, 0.5) is 0 Å². The van der Waals surface area contributed by atoms with Gasteiger partial charge in [-0.15, -0.1) is 0 Å². The van der Waals surface area contributed by atoms with Gasteiger partial charge in [-0.25, -0.2) is 4.79 Å². The molecule has 1 aliphatic rings. The number of ether oxygens (including phenoxy) is 4. The minimum atomic E-state index is -0.701. The second-order valence-corrected chi connectivity index (χ2v) is 4.54. The molecule has 5 heteroatoms. The van der Waals surface area contributed by atoms with Crippen LogP contribution in [0.1, 0.15) is 33.6 Å². The largest absolute Gasteiger partial charge is 0.467 e. The third-order valence-electron chi connectivity index (χ3n) is 2.60. The number of hydrogen-bond acceptors (Lipinski definition) is 5. The van der Waals surface area contributed by atoms with E-state index in [9.17, 15) is 4.79 Å². The van der Waals surface area contributed by atoms with Crippen LogP contribution in [0.5, 0.6) is 0 Å². The lowest BCUT2D eigenvalue weighted by Gasteiger charge is -2.22. The van der Waals surface area contributed by atoms with Gasteiger partial charge >= 0.3 is 5.97 Å². The highest BCUT2D eigenvalue weighted by Crippen LogP contribution is 2.25. The molecule has 0 aromatic heterocycles. The van der Waals surface area contributed by atoms with Crippen LogP contribution in [0.3, 0.4) is 0 Å². The summed E-state index contributed by atoms with van der Waals surface area (Å²) < 4.78 is 21.3. The van der Waals surface area contributed by atoms with Gasteiger partial charge < -0.3 is 18.9 Å². The van der Waals surface area contributed by atoms with Gasteiger partial charge in [0.05, 0.1) is 13.7 Å². The van der Waals surface area contributed by atoms with Crippen LogP contribution < -0.4 is 0 Å². The summed E-state index contributed by atoms with van der Waals surface area (Å²) in [5.74, 6) is -1.07. The van der Waals surface area contributed by atoms with Crippen LogP contribution in [0.2, 0.25) is 0 Å². The molecule has 0 spiro atoms. The highest BCUT2D eigenvalue weighted by atomic mass is 16.8. The minimum absolute atomic E-state index is 0.346. The van der Waals surface area contributed by atoms with Crippen molar-refractivity contribution >= 4 is 5.97 Å². The predicted octanol–water partition coefficient (Wildman–Crippen LogP) is 1.50. The summed E-state index contributed by atoms with van der Waals surface area (Å²) in [6.45, 7) is 6.56. The highest BCUT2D eigenvalue weighted by Gasteiger charge is 2.41. The third-order valence-corrected chi connectivity index (χ3v) is 2.60. The van der Waals surface area contributed by atoms with Gasteiger partial charge in [0.25, 0.3) is 0 Å². The molecule has 17 heavy (non-hydrogen) atoms. The Bertz CT molecular complexity index is 251. The van der Waals surface area contributed by atoms with Gasteiger partial charge in [-0.3, -0.25) is 0 Å². The first-order chi connectivity index (χ1) is 8.00. The van der Waals surface area contributed by atoms with E-state index >= 15 is 0 Å². The van der Waals surface area contributed by atoms with E-state index in [4.69, 9.17) is 18.9 Å². The molecule has 0 amide bonds. The molecule has 0 aliphatic carbocycles. The Morgan fingerprint density at radius 2 is 2.24 bits per heavy atom. The Kier molecular flexibility index (Phi) is 5.36. The molecule has 1 aliphatic heterocycles. The summed E-state index contributed by atoms with van der Waals surface area (Å²) >= 11 is 0. The van der Waals surface area contributed by atoms with E-state index in [1.54, 1.807) is 0 Å². The second kappa shape index (κ2) is 6.33. The van der Waals surface area contributed by atoms with Crippen molar-refractivity contribution in [1.29, 1.82) is 0 Å². The van der Waals surface area contributed by atoms with Crippen LogP contribution in [0.25, 0.3) is 0 Å². The first-order valence-electron chi connectivity index (χ1n) is 6.01. The zero-order valence-electron chi connectivity index (χ0n) is 11.0. The normalized spacial score (nSPS) is 24.6. The van der Waals surface area contributed by atoms with E-state index in [-0.39, 0.29) is 0 Å². The zero-order chi connectivity index (χ0) is 12.9. The summed E-state index contributed by atoms with van der Waals surface area (Å²) in [6, 6.07) is 0. The van der Waals surface area contributed by atoms with Crippen molar-refractivity contribution in [1.82, 2.24) is 0 Å². The molecule has 0 aromatic rings. The molecule has 100 valence electrons. The number of methoxy groups -OCH3 is 1. The van der Waals surface area contributed by atoms with E-state index in [1.807, 2.05) is 13.8 Å². The number of carbonyl (C=O) groups excluding carboxylic acids is 1.